The Morgan fingerprint density at radius 3 is 2.65 bits per heavy atom. The first kappa shape index (κ1) is 12.1. The molecule has 2 aromatic rings. The van der Waals surface area contributed by atoms with Crippen LogP contribution < -0.4 is 11.1 Å². The third-order valence-electron chi connectivity index (χ3n) is 2.36. The molecule has 0 amide bonds. The Labute approximate surface area is 110 Å². The van der Waals surface area contributed by atoms with Gasteiger partial charge in [0.25, 0.3) is 0 Å². The molecule has 0 saturated carbocycles. The van der Waals surface area contributed by atoms with Crippen LogP contribution in [-0.4, -0.2) is 0 Å². The normalized spacial score (nSPS) is 10.2. The zero-order valence-electron chi connectivity index (χ0n) is 9.08. The molecule has 0 fully saturated rings. The molecule has 2 aromatic carbocycles. The zero-order valence-corrected chi connectivity index (χ0v) is 10.6. The summed E-state index contributed by atoms with van der Waals surface area (Å²) in [6.45, 7) is 0.656. The molecule has 0 saturated heterocycles. The SMILES string of the molecule is Nc1ccc(Cl)c(NCc2cccc(Cl)c2)c1. The Balaban J connectivity index is 2.09. The topological polar surface area (TPSA) is 38.0 Å². The van der Waals surface area contributed by atoms with E-state index < -0.39 is 0 Å². The van der Waals surface area contributed by atoms with Crippen LogP contribution in [0.2, 0.25) is 10.0 Å². The highest BCUT2D eigenvalue weighted by atomic mass is 35.5. The molecular weight excluding hydrogens is 255 g/mol. The molecule has 0 unspecified atom stereocenters. The van der Waals surface area contributed by atoms with E-state index in [9.17, 15) is 0 Å². The largest absolute Gasteiger partial charge is 0.399 e. The Morgan fingerprint density at radius 2 is 1.88 bits per heavy atom. The van der Waals surface area contributed by atoms with Crippen molar-refractivity contribution < 1.29 is 0 Å². The van der Waals surface area contributed by atoms with Crippen molar-refractivity contribution in [2.24, 2.45) is 0 Å². The predicted octanol–water partition coefficient (Wildman–Crippen LogP) is 4.19. The van der Waals surface area contributed by atoms with Crippen molar-refractivity contribution in [3.63, 3.8) is 0 Å². The molecule has 0 bridgehead atoms. The lowest BCUT2D eigenvalue weighted by Gasteiger charge is -2.09. The lowest BCUT2D eigenvalue weighted by molar-refractivity contribution is 1.15. The van der Waals surface area contributed by atoms with Gasteiger partial charge in [-0.25, -0.2) is 0 Å². The minimum Gasteiger partial charge on any atom is -0.399 e. The second kappa shape index (κ2) is 5.30. The molecule has 0 atom stereocenters. The predicted molar refractivity (Wildman–Crippen MR) is 74.6 cm³/mol. The summed E-state index contributed by atoms with van der Waals surface area (Å²) in [5.41, 5.74) is 8.30. The highest BCUT2D eigenvalue weighted by Crippen LogP contribution is 2.24. The van der Waals surface area contributed by atoms with Crippen LogP contribution in [0.3, 0.4) is 0 Å². The van der Waals surface area contributed by atoms with Crippen LogP contribution in [0.15, 0.2) is 42.5 Å². The van der Waals surface area contributed by atoms with E-state index in [1.54, 1.807) is 12.1 Å². The van der Waals surface area contributed by atoms with E-state index in [1.165, 1.54) is 0 Å². The number of anilines is 2. The van der Waals surface area contributed by atoms with Crippen molar-refractivity contribution >= 4 is 34.6 Å². The molecule has 4 heteroatoms. The summed E-state index contributed by atoms with van der Waals surface area (Å²) in [6.07, 6.45) is 0. The fourth-order valence-electron chi connectivity index (χ4n) is 1.52. The maximum atomic E-state index is 6.05. The molecule has 3 N–H and O–H groups in total. The highest BCUT2D eigenvalue weighted by Gasteiger charge is 2.00. The molecular formula is C13H12Cl2N2. The van der Waals surface area contributed by atoms with E-state index in [4.69, 9.17) is 28.9 Å². The quantitative estimate of drug-likeness (QED) is 0.818. The Bertz CT molecular complexity index is 527. The molecule has 0 aliphatic heterocycles. The first-order chi connectivity index (χ1) is 8.15. The van der Waals surface area contributed by atoms with Gasteiger partial charge in [-0.05, 0) is 35.9 Å². The van der Waals surface area contributed by atoms with Gasteiger partial charge in [0, 0.05) is 17.3 Å². The number of hydrogen-bond donors (Lipinski definition) is 2. The zero-order chi connectivity index (χ0) is 12.3. The number of nitrogens with one attached hydrogen (secondary N) is 1. The van der Waals surface area contributed by atoms with Crippen LogP contribution in [-0.2, 0) is 6.54 Å². The van der Waals surface area contributed by atoms with Gasteiger partial charge < -0.3 is 11.1 Å². The summed E-state index contributed by atoms with van der Waals surface area (Å²) in [7, 11) is 0. The van der Waals surface area contributed by atoms with E-state index >= 15 is 0 Å². The van der Waals surface area contributed by atoms with Gasteiger partial charge in [0.1, 0.15) is 0 Å². The van der Waals surface area contributed by atoms with Crippen LogP contribution in [0.25, 0.3) is 0 Å². The number of hydrogen-bond acceptors (Lipinski definition) is 2. The summed E-state index contributed by atoms with van der Waals surface area (Å²) >= 11 is 12.0. The van der Waals surface area contributed by atoms with Crippen LogP contribution in [0.4, 0.5) is 11.4 Å². The van der Waals surface area contributed by atoms with Gasteiger partial charge in [-0.2, -0.15) is 0 Å². The maximum absolute atomic E-state index is 6.05. The van der Waals surface area contributed by atoms with Gasteiger partial charge in [0.05, 0.1) is 10.7 Å². The third kappa shape index (κ3) is 3.29. The van der Waals surface area contributed by atoms with Gasteiger partial charge >= 0.3 is 0 Å². The minimum absolute atomic E-state index is 0.654. The van der Waals surface area contributed by atoms with Gasteiger partial charge in [0.2, 0.25) is 0 Å². The van der Waals surface area contributed by atoms with E-state index in [2.05, 4.69) is 5.32 Å². The number of rotatable bonds is 3. The summed E-state index contributed by atoms with van der Waals surface area (Å²) in [4.78, 5) is 0. The monoisotopic (exact) mass is 266 g/mol. The van der Waals surface area contributed by atoms with Crippen molar-refractivity contribution in [2.45, 2.75) is 6.54 Å². The van der Waals surface area contributed by atoms with Gasteiger partial charge in [-0.15, -0.1) is 0 Å². The number of benzene rings is 2. The second-order valence-electron chi connectivity index (χ2n) is 3.72. The summed E-state index contributed by atoms with van der Waals surface area (Å²) in [5.74, 6) is 0. The molecule has 0 aliphatic rings. The standard InChI is InChI=1S/C13H12Cl2N2/c14-10-3-1-2-9(6-10)8-17-13-7-11(16)4-5-12(13)15/h1-7,17H,8,16H2. The average molecular weight is 267 g/mol. The van der Waals surface area contributed by atoms with Crippen molar-refractivity contribution in [3.05, 3.63) is 58.1 Å². The molecule has 0 heterocycles. The van der Waals surface area contributed by atoms with Crippen molar-refractivity contribution in [3.8, 4) is 0 Å². The van der Waals surface area contributed by atoms with Crippen molar-refractivity contribution in [1.82, 2.24) is 0 Å². The van der Waals surface area contributed by atoms with Gasteiger partial charge in [-0.3, -0.25) is 0 Å². The van der Waals surface area contributed by atoms with Crippen LogP contribution in [0.5, 0.6) is 0 Å². The van der Waals surface area contributed by atoms with Crippen LogP contribution in [0.1, 0.15) is 5.56 Å². The number of halogens is 2. The highest BCUT2D eigenvalue weighted by molar-refractivity contribution is 6.33. The maximum Gasteiger partial charge on any atom is 0.0639 e. The summed E-state index contributed by atoms with van der Waals surface area (Å²) in [6, 6.07) is 13.0. The van der Waals surface area contributed by atoms with Gasteiger partial charge in [-0.1, -0.05) is 35.3 Å². The fourth-order valence-corrected chi connectivity index (χ4v) is 1.92. The van der Waals surface area contributed by atoms with Crippen molar-refractivity contribution in [2.75, 3.05) is 11.1 Å². The van der Waals surface area contributed by atoms with E-state index in [1.807, 2.05) is 30.3 Å². The first-order valence-electron chi connectivity index (χ1n) is 5.18. The molecule has 2 nitrogen and oxygen atoms in total. The summed E-state index contributed by atoms with van der Waals surface area (Å²) < 4.78 is 0. The van der Waals surface area contributed by atoms with Gasteiger partial charge in [0.15, 0.2) is 0 Å². The molecule has 0 spiro atoms. The smallest absolute Gasteiger partial charge is 0.0639 e. The Morgan fingerprint density at radius 1 is 1.06 bits per heavy atom. The summed E-state index contributed by atoms with van der Waals surface area (Å²) in [5, 5.41) is 4.61. The minimum atomic E-state index is 0.654. The van der Waals surface area contributed by atoms with E-state index in [0.717, 1.165) is 16.3 Å². The van der Waals surface area contributed by atoms with Crippen molar-refractivity contribution in [1.29, 1.82) is 0 Å². The number of nitrogens with two attached hydrogens (primary N) is 1. The third-order valence-corrected chi connectivity index (χ3v) is 2.93. The lowest BCUT2D eigenvalue weighted by atomic mass is 10.2. The van der Waals surface area contributed by atoms with Crippen LogP contribution in [0, 0.1) is 0 Å². The Hall–Kier alpha value is -1.38. The van der Waals surface area contributed by atoms with E-state index in [-0.39, 0.29) is 0 Å². The second-order valence-corrected chi connectivity index (χ2v) is 4.57. The molecule has 88 valence electrons. The molecule has 0 aliphatic carbocycles. The first-order valence-corrected chi connectivity index (χ1v) is 5.94. The molecule has 2 rings (SSSR count). The van der Waals surface area contributed by atoms with E-state index in [0.29, 0.717) is 17.3 Å². The Kier molecular flexibility index (Phi) is 3.77. The number of nitrogen functional groups attached to an aromatic ring is 1. The van der Waals surface area contributed by atoms with Crippen LogP contribution >= 0.6 is 23.2 Å². The average Bonchev–Trinajstić information content (AvgIpc) is 2.30. The molecule has 17 heavy (non-hydrogen) atoms. The lowest BCUT2D eigenvalue weighted by Crippen LogP contribution is -2.00. The molecule has 0 aromatic heterocycles. The molecule has 0 radical (unpaired) electrons. The fraction of sp³-hybridized carbons (Fsp3) is 0.0769.